The minimum Gasteiger partial charge on any atom is -0.351 e. The molecule has 2 rings (SSSR count). The van der Waals surface area contributed by atoms with E-state index in [1.807, 2.05) is 26.8 Å². The molecule has 0 radical (unpaired) electrons. The van der Waals surface area contributed by atoms with Crippen LogP contribution in [0.25, 0.3) is 5.69 Å². The molecule has 1 atom stereocenters. The van der Waals surface area contributed by atoms with Gasteiger partial charge in [-0.25, -0.2) is 0 Å². The minimum atomic E-state index is -0.359. The molecule has 0 saturated heterocycles. The highest BCUT2D eigenvalue weighted by atomic mass is 32.2. The van der Waals surface area contributed by atoms with Gasteiger partial charge < -0.3 is 10.6 Å². The molecule has 9 heteroatoms. The van der Waals surface area contributed by atoms with E-state index >= 15 is 0 Å². The summed E-state index contributed by atoms with van der Waals surface area (Å²) in [6.45, 7) is 9.04. The number of hydrogen-bond acceptors (Lipinski definition) is 6. The monoisotopic (exact) mass is 362 g/mol. The third-order valence-corrected chi connectivity index (χ3v) is 4.03. The van der Waals surface area contributed by atoms with Crippen LogP contribution in [-0.4, -0.2) is 42.8 Å². The highest BCUT2D eigenvalue weighted by molar-refractivity contribution is 8.00. The first-order valence-corrected chi connectivity index (χ1v) is 8.69. The molecule has 1 aromatic carbocycles. The van der Waals surface area contributed by atoms with Crippen molar-refractivity contribution in [3.63, 3.8) is 0 Å². The van der Waals surface area contributed by atoms with Crippen LogP contribution in [0.3, 0.4) is 0 Å². The zero-order valence-corrected chi connectivity index (χ0v) is 15.7. The number of nitrogens with one attached hydrogen (secondary N) is 2. The lowest BCUT2D eigenvalue weighted by molar-refractivity contribution is -0.121. The Labute approximate surface area is 150 Å². The van der Waals surface area contributed by atoms with Crippen molar-refractivity contribution >= 4 is 29.3 Å². The van der Waals surface area contributed by atoms with Crippen LogP contribution < -0.4 is 10.6 Å². The van der Waals surface area contributed by atoms with Crippen molar-refractivity contribution in [2.45, 2.75) is 50.6 Å². The summed E-state index contributed by atoms with van der Waals surface area (Å²) < 4.78 is 1.54. The number of tetrazole rings is 1. The van der Waals surface area contributed by atoms with Gasteiger partial charge in [0.15, 0.2) is 0 Å². The average Bonchev–Trinajstić information content (AvgIpc) is 2.93. The fraction of sp³-hybridized carbons (Fsp3) is 0.438. The van der Waals surface area contributed by atoms with E-state index in [2.05, 4.69) is 26.2 Å². The van der Waals surface area contributed by atoms with Crippen LogP contribution in [-0.2, 0) is 9.59 Å². The summed E-state index contributed by atoms with van der Waals surface area (Å²) in [5, 5.41) is 17.5. The number of carbonyl (C=O) groups excluding carboxylic acids is 2. The topological polar surface area (TPSA) is 102 Å². The van der Waals surface area contributed by atoms with Crippen molar-refractivity contribution in [2.75, 3.05) is 5.32 Å². The van der Waals surface area contributed by atoms with Crippen LogP contribution in [0.1, 0.15) is 34.6 Å². The standard InChI is InChI=1S/C16H22N6O2S/c1-10(14(24)18-16(3,4)5)25-15-19-20-21-22(15)13-8-6-7-12(9-13)17-11(2)23/h6-10H,1-5H3,(H,17,23)(H,18,24). The van der Waals surface area contributed by atoms with Gasteiger partial charge in [-0.05, 0) is 56.3 Å². The molecular weight excluding hydrogens is 340 g/mol. The number of amides is 2. The lowest BCUT2D eigenvalue weighted by Gasteiger charge is -2.22. The van der Waals surface area contributed by atoms with Gasteiger partial charge >= 0.3 is 0 Å². The van der Waals surface area contributed by atoms with E-state index in [1.165, 1.54) is 23.4 Å². The number of aromatic nitrogens is 4. The molecule has 25 heavy (non-hydrogen) atoms. The summed E-state index contributed by atoms with van der Waals surface area (Å²) in [6.07, 6.45) is 0. The predicted molar refractivity (Wildman–Crippen MR) is 96.7 cm³/mol. The molecule has 0 aliphatic carbocycles. The molecule has 0 saturated carbocycles. The molecule has 1 aromatic heterocycles. The van der Waals surface area contributed by atoms with Crippen LogP contribution in [0, 0.1) is 0 Å². The maximum atomic E-state index is 12.3. The van der Waals surface area contributed by atoms with Crippen molar-refractivity contribution in [2.24, 2.45) is 0 Å². The van der Waals surface area contributed by atoms with Gasteiger partial charge in [0.2, 0.25) is 17.0 Å². The number of anilines is 1. The third kappa shape index (κ3) is 5.56. The molecule has 1 heterocycles. The molecule has 2 N–H and O–H groups in total. The Morgan fingerprint density at radius 2 is 2.00 bits per heavy atom. The van der Waals surface area contributed by atoms with Crippen molar-refractivity contribution in [3.8, 4) is 5.69 Å². The third-order valence-electron chi connectivity index (χ3n) is 3.00. The smallest absolute Gasteiger partial charge is 0.233 e. The first-order chi connectivity index (χ1) is 11.7. The zero-order chi connectivity index (χ0) is 18.6. The summed E-state index contributed by atoms with van der Waals surface area (Å²) in [5.41, 5.74) is 1.04. The van der Waals surface area contributed by atoms with E-state index < -0.39 is 0 Å². The van der Waals surface area contributed by atoms with Crippen molar-refractivity contribution < 1.29 is 9.59 Å². The second-order valence-electron chi connectivity index (χ2n) is 6.60. The van der Waals surface area contributed by atoms with Gasteiger partial charge in [-0.2, -0.15) is 4.68 Å². The number of rotatable bonds is 5. The van der Waals surface area contributed by atoms with Gasteiger partial charge in [-0.1, -0.05) is 17.8 Å². The molecule has 0 bridgehead atoms. The molecule has 8 nitrogen and oxygen atoms in total. The van der Waals surface area contributed by atoms with E-state index in [0.717, 1.165) is 0 Å². The van der Waals surface area contributed by atoms with E-state index in [0.29, 0.717) is 16.5 Å². The highest BCUT2D eigenvalue weighted by Gasteiger charge is 2.22. The van der Waals surface area contributed by atoms with Crippen molar-refractivity contribution in [3.05, 3.63) is 24.3 Å². The van der Waals surface area contributed by atoms with Gasteiger partial charge in [-0.15, -0.1) is 5.10 Å². The van der Waals surface area contributed by atoms with E-state index in [9.17, 15) is 9.59 Å². The number of thioether (sulfide) groups is 1. The summed E-state index contributed by atoms with van der Waals surface area (Å²) in [4.78, 5) is 23.5. The number of carbonyl (C=O) groups is 2. The van der Waals surface area contributed by atoms with Crippen molar-refractivity contribution in [1.29, 1.82) is 0 Å². The van der Waals surface area contributed by atoms with E-state index in [4.69, 9.17) is 0 Å². The lowest BCUT2D eigenvalue weighted by atomic mass is 10.1. The first-order valence-electron chi connectivity index (χ1n) is 7.81. The average molecular weight is 362 g/mol. The molecule has 0 aliphatic heterocycles. The fourth-order valence-corrected chi connectivity index (χ4v) is 2.82. The maximum Gasteiger partial charge on any atom is 0.233 e. The Kier molecular flexibility index (Phi) is 5.78. The highest BCUT2D eigenvalue weighted by Crippen LogP contribution is 2.24. The Bertz CT molecular complexity index is 768. The summed E-state index contributed by atoms with van der Waals surface area (Å²) in [5.74, 6) is -0.241. The molecular formula is C16H22N6O2S. The van der Waals surface area contributed by atoms with Gasteiger partial charge in [-0.3, -0.25) is 9.59 Å². The van der Waals surface area contributed by atoms with E-state index in [1.54, 1.807) is 25.1 Å². The predicted octanol–water partition coefficient (Wildman–Crippen LogP) is 2.02. The second-order valence-corrected chi connectivity index (χ2v) is 7.91. The van der Waals surface area contributed by atoms with Gasteiger partial charge in [0, 0.05) is 18.2 Å². The Morgan fingerprint density at radius 1 is 1.28 bits per heavy atom. The normalized spacial score (nSPS) is 12.5. The molecule has 0 fully saturated rings. The molecule has 1 unspecified atom stereocenters. The number of hydrogen-bond donors (Lipinski definition) is 2. The first kappa shape index (κ1) is 18.9. The Hall–Kier alpha value is -2.42. The Morgan fingerprint density at radius 3 is 2.64 bits per heavy atom. The van der Waals surface area contributed by atoms with Crippen LogP contribution in [0.2, 0.25) is 0 Å². The number of nitrogens with zero attached hydrogens (tertiary/aromatic N) is 4. The zero-order valence-electron chi connectivity index (χ0n) is 14.9. The van der Waals surface area contributed by atoms with Gasteiger partial charge in [0.25, 0.3) is 0 Å². The van der Waals surface area contributed by atoms with Crippen LogP contribution >= 0.6 is 11.8 Å². The second kappa shape index (κ2) is 7.64. The molecule has 134 valence electrons. The number of benzene rings is 1. The summed E-state index contributed by atoms with van der Waals surface area (Å²) in [6, 6.07) is 7.17. The maximum absolute atomic E-state index is 12.3. The molecule has 2 aromatic rings. The largest absolute Gasteiger partial charge is 0.351 e. The quantitative estimate of drug-likeness (QED) is 0.789. The SMILES string of the molecule is CC(=O)Nc1cccc(-n2nnnc2SC(C)C(=O)NC(C)(C)C)c1. The summed E-state index contributed by atoms with van der Waals surface area (Å²) in [7, 11) is 0. The fourth-order valence-electron chi connectivity index (χ4n) is 2.02. The van der Waals surface area contributed by atoms with Crippen LogP contribution in [0.4, 0.5) is 5.69 Å². The Balaban J connectivity index is 2.18. The van der Waals surface area contributed by atoms with Gasteiger partial charge in [0.1, 0.15) is 0 Å². The van der Waals surface area contributed by atoms with Gasteiger partial charge in [0.05, 0.1) is 10.9 Å². The van der Waals surface area contributed by atoms with Crippen LogP contribution in [0.15, 0.2) is 29.4 Å². The molecule has 0 aliphatic rings. The van der Waals surface area contributed by atoms with Crippen molar-refractivity contribution in [1.82, 2.24) is 25.5 Å². The van der Waals surface area contributed by atoms with E-state index in [-0.39, 0.29) is 22.6 Å². The van der Waals surface area contributed by atoms with Crippen LogP contribution in [0.5, 0.6) is 0 Å². The minimum absolute atomic E-state index is 0.0842. The lowest BCUT2D eigenvalue weighted by Crippen LogP contribution is -2.44. The summed E-state index contributed by atoms with van der Waals surface area (Å²) >= 11 is 1.27. The molecule has 0 spiro atoms. The molecule has 2 amide bonds.